The topological polar surface area (TPSA) is 52.0 Å². The SMILES string of the molecule is CCCn1ncnc1CC(CC1CCCO1)NC. The second kappa shape index (κ2) is 6.85. The van der Waals surface area contributed by atoms with E-state index in [9.17, 15) is 0 Å². The molecule has 0 saturated carbocycles. The lowest BCUT2D eigenvalue weighted by atomic mass is 10.0. The quantitative estimate of drug-likeness (QED) is 0.796. The van der Waals surface area contributed by atoms with Crippen LogP contribution in [0, 0.1) is 0 Å². The number of hydrogen-bond donors (Lipinski definition) is 1. The molecule has 0 radical (unpaired) electrons. The zero-order valence-electron chi connectivity index (χ0n) is 11.4. The van der Waals surface area contributed by atoms with Crippen molar-refractivity contribution in [2.24, 2.45) is 0 Å². The molecule has 1 aliphatic rings. The number of likely N-dealkylation sites (N-methyl/N-ethyl adjacent to an activating group) is 1. The normalized spacial score (nSPS) is 21.3. The summed E-state index contributed by atoms with van der Waals surface area (Å²) < 4.78 is 7.71. The average molecular weight is 252 g/mol. The Morgan fingerprint density at radius 2 is 2.50 bits per heavy atom. The van der Waals surface area contributed by atoms with Gasteiger partial charge in [-0.05, 0) is 32.7 Å². The van der Waals surface area contributed by atoms with E-state index in [0.29, 0.717) is 12.1 Å². The molecule has 1 N–H and O–H groups in total. The summed E-state index contributed by atoms with van der Waals surface area (Å²) in [5, 5.41) is 7.65. The van der Waals surface area contributed by atoms with E-state index in [1.807, 2.05) is 11.7 Å². The van der Waals surface area contributed by atoms with Crippen molar-refractivity contribution in [2.75, 3.05) is 13.7 Å². The van der Waals surface area contributed by atoms with Gasteiger partial charge in [-0.2, -0.15) is 5.10 Å². The van der Waals surface area contributed by atoms with Gasteiger partial charge < -0.3 is 10.1 Å². The molecule has 1 aromatic rings. The second-order valence-electron chi connectivity index (χ2n) is 4.96. The number of nitrogens with one attached hydrogen (secondary N) is 1. The lowest BCUT2D eigenvalue weighted by Crippen LogP contribution is -2.32. The highest BCUT2D eigenvalue weighted by Crippen LogP contribution is 2.18. The lowest BCUT2D eigenvalue weighted by molar-refractivity contribution is 0.0951. The molecule has 0 bridgehead atoms. The summed E-state index contributed by atoms with van der Waals surface area (Å²) in [6.45, 7) is 4.03. The largest absolute Gasteiger partial charge is 0.378 e. The van der Waals surface area contributed by atoms with Gasteiger partial charge in [0.15, 0.2) is 0 Å². The monoisotopic (exact) mass is 252 g/mol. The molecule has 0 spiro atoms. The fourth-order valence-corrected chi connectivity index (χ4v) is 2.52. The number of aromatic nitrogens is 3. The Balaban J connectivity index is 1.89. The molecule has 1 fully saturated rings. The first-order valence-electron chi connectivity index (χ1n) is 6.99. The van der Waals surface area contributed by atoms with Crippen molar-refractivity contribution in [3.63, 3.8) is 0 Å². The van der Waals surface area contributed by atoms with Crippen LogP contribution in [0.15, 0.2) is 6.33 Å². The van der Waals surface area contributed by atoms with Crippen molar-refractivity contribution >= 4 is 0 Å². The number of aryl methyl sites for hydroxylation is 1. The molecule has 102 valence electrons. The Morgan fingerprint density at radius 3 is 3.17 bits per heavy atom. The summed E-state index contributed by atoms with van der Waals surface area (Å²) in [5.74, 6) is 1.08. The molecule has 1 saturated heterocycles. The van der Waals surface area contributed by atoms with E-state index in [4.69, 9.17) is 4.74 Å². The van der Waals surface area contributed by atoms with E-state index >= 15 is 0 Å². The molecule has 1 aliphatic heterocycles. The third-order valence-corrected chi connectivity index (χ3v) is 3.54. The maximum absolute atomic E-state index is 5.70. The van der Waals surface area contributed by atoms with Crippen LogP contribution in [0.5, 0.6) is 0 Å². The van der Waals surface area contributed by atoms with Gasteiger partial charge in [-0.15, -0.1) is 0 Å². The van der Waals surface area contributed by atoms with E-state index in [1.54, 1.807) is 6.33 Å². The standard InChI is InChI=1S/C13H24N4O/c1-3-6-17-13(15-10-16-17)9-11(14-2)8-12-5-4-7-18-12/h10-12,14H,3-9H2,1-2H3. The third-order valence-electron chi connectivity index (χ3n) is 3.54. The van der Waals surface area contributed by atoms with Crippen LogP contribution in [0.3, 0.4) is 0 Å². The molecule has 0 aromatic carbocycles. The van der Waals surface area contributed by atoms with E-state index in [-0.39, 0.29) is 0 Å². The molecular formula is C13H24N4O. The van der Waals surface area contributed by atoms with Gasteiger partial charge in [0.2, 0.25) is 0 Å². The van der Waals surface area contributed by atoms with Crippen LogP contribution in [-0.4, -0.2) is 40.6 Å². The van der Waals surface area contributed by atoms with E-state index in [0.717, 1.165) is 38.2 Å². The third kappa shape index (κ3) is 3.53. The first-order valence-corrected chi connectivity index (χ1v) is 6.99. The Bertz CT molecular complexity index is 347. The zero-order valence-corrected chi connectivity index (χ0v) is 11.4. The van der Waals surface area contributed by atoms with Crippen LogP contribution >= 0.6 is 0 Å². The number of nitrogens with zero attached hydrogens (tertiary/aromatic N) is 3. The highest BCUT2D eigenvalue weighted by Gasteiger charge is 2.21. The molecular weight excluding hydrogens is 228 g/mol. The molecule has 5 heteroatoms. The smallest absolute Gasteiger partial charge is 0.138 e. The first kappa shape index (κ1) is 13.5. The number of hydrogen-bond acceptors (Lipinski definition) is 4. The highest BCUT2D eigenvalue weighted by atomic mass is 16.5. The molecule has 2 heterocycles. The van der Waals surface area contributed by atoms with E-state index in [2.05, 4.69) is 22.3 Å². The van der Waals surface area contributed by atoms with Gasteiger partial charge in [0.05, 0.1) is 6.10 Å². The van der Waals surface area contributed by atoms with Crippen LogP contribution in [-0.2, 0) is 17.7 Å². The van der Waals surface area contributed by atoms with Gasteiger partial charge in [0.25, 0.3) is 0 Å². The van der Waals surface area contributed by atoms with Gasteiger partial charge >= 0.3 is 0 Å². The summed E-state index contributed by atoms with van der Waals surface area (Å²) in [6.07, 6.45) is 7.56. The van der Waals surface area contributed by atoms with E-state index in [1.165, 1.54) is 12.8 Å². The Kier molecular flexibility index (Phi) is 5.13. The molecule has 5 nitrogen and oxygen atoms in total. The number of rotatable bonds is 7. The van der Waals surface area contributed by atoms with Crippen LogP contribution in [0.1, 0.15) is 38.4 Å². The van der Waals surface area contributed by atoms with Crippen molar-refractivity contribution < 1.29 is 4.74 Å². The van der Waals surface area contributed by atoms with Crippen molar-refractivity contribution in [3.05, 3.63) is 12.2 Å². The predicted octanol–water partition coefficient (Wildman–Crippen LogP) is 1.39. The fourth-order valence-electron chi connectivity index (χ4n) is 2.52. The van der Waals surface area contributed by atoms with Gasteiger partial charge in [0.1, 0.15) is 12.2 Å². The molecule has 18 heavy (non-hydrogen) atoms. The summed E-state index contributed by atoms with van der Waals surface area (Å²) in [5.41, 5.74) is 0. The Labute approximate surface area is 109 Å². The molecule has 0 aliphatic carbocycles. The average Bonchev–Trinajstić information content (AvgIpc) is 3.01. The van der Waals surface area contributed by atoms with Crippen LogP contribution < -0.4 is 5.32 Å². The van der Waals surface area contributed by atoms with E-state index < -0.39 is 0 Å². The van der Waals surface area contributed by atoms with Gasteiger partial charge in [-0.25, -0.2) is 4.98 Å². The minimum absolute atomic E-state index is 0.421. The number of ether oxygens (including phenoxy) is 1. The van der Waals surface area contributed by atoms with Crippen molar-refractivity contribution in [2.45, 2.75) is 57.7 Å². The van der Waals surface area contributed by atoms with Crippen molar-refractivity contribution in [1.82, 2.24) is 20.1 Å². The molecule has 2 rings (SSSR count). The molecule has 2 unspecified atom stereocenters. The fraction of sp³-hybridized carbons (Fsp3) is 0.846. The summed E-state index contributed by atoms with van der Waals surface area (Å²) in [7, 11) is 2.01. The minimum Gasteiger partial charge on any atom is -0.378 e. The Hall–Kier alpha value is -0.940. The van der Waals surface area contributed by atoms with Gasteiger partial charge in [-0.1, -0.05) is 6.92 Å². The molecule has 1 aromatic heterocycles. The van der Waals surface area contributed by atoms with Crippen LogP contribution in [0.2, 0.25) is 0 Å². The van der Waals surface area contributed by atoms with Gasteiger partial charge in [-0.3, -0.25) is 4.68 Å². The lowest BCUT2D eigenvalue weighted by Gasteiger charge is -2.19. The van der Waals surface area contributed by atoms with Crippen LogP contribution in [0.4, 0.5) is 0 Å². The zero-order chi connectivity index (χ0) is 12.8. The maximum atomic E-state index is 5.70. The molecule has 2 atom stereocenters. The Morgan fingerprint density at radius 1 is 1.61 bits per heavy atom. The van der Waals surface area contributed by atoms with Crippen molar-refractivity contribution in [1.29, 1.82) is 0 Å². The highest BCUT2D eigenvalue weighted by molar-refractivity contribution is 4.90. The minimum atomic E-state index is 0.421. The molecule has 0 amide bonds. The predicted molar refractivity (Wildman–Crippen MR) is 70.5 cm³/mol. The van der Waals surface area contributed by atoms with Gasteiger partial charge in [0, 0.05) is 25.6 Å². The maximum Gasteiger partial charge on any atom is 0.138 e. The summed E-state index contributed by atoms with van der Waals surface area (Å²) >= 11 is 0. The summed E-state index contributed by atoms with van der Waals surface area (Å²) in [6, 6.07) is 0.424. The van der Waals surface area contributed by atoms with Crippen molar-refractivity contribution in [3.8, 4) is 0 Å². The first-order chi connectivity index (χ1) is 8.83. The summed E-state index contributed by atoms with van der Waals surface area (Å²) in [4.78, 5) is 4.37. The van der Waals surface area contributed by atoms with Crippen LogP contribution in [0.25, 0.3) is 0 Å². The second-order valence-corrected chi connectivity index (χ2v) is 4.96.